The van der Waals surface area contributed by atoms with Gasteiger partial charge in [0.05, 0.1) is 24.7 Å². The third kappa shape index (κ3) is 6.39. The van der Waals surface area contributed by atoms with Gasteiger partial charge in [-0.05, 0) is 56.0 Å². The van der Waals surface area contributed by atoms with Crippen LogP contribution in [0.4, 0.5) is 17.6 Å². The van der Waals surface area contributed by atoms with Crippen LogP contribution in [0.1, 0.15) is 30.9 Å². The average molecular weight is 552 g/mol. The maximum absolute atomic E-state index is 14.8. The first-order chi connectivity index (χ1) is 18.2. The highest BCUT2D eigenvalue weighted by Crippen LogP contribution is 2.34. The molecular weight excluding hydrogens is 522 g/mol. The van der Waals surface area contributed by atoms with Gasteiger partial charge in [0.25, 0.3) is 0 Å². The number of methoxy groups -OCH3 is 1. The molecule has 3 aromatic rings. The number of rotatable bonds is 10. The molecular formula is C27H29F4N3O3S. The van der Waals surface area contributed by atoms with Gasteiger partial charge in [0.1, 0.15) is 17.4 Å². The number of carboxylic acid groups (broad SMARTS) is 1. The molecule has 11 heteroatoms. The number of carboxylic acids is 1. The second kappa shape index (κ2) is 12.3. The SMILES string of the molecule is COc1ccc2ncc(F)c([C@@H](N)CC[C@H]3CCN(CCSc4cc(F)cc(F)c4F)C[C@H]3C(=O)O)c2c1. The molecule has 0 aliphatic carbocycles. The van der Waals surface area contributed by atoms with E-state index in [-0.39, 0.29) is 10.8 Å². The van der Waals surface area contributed by atoms with Crippen molar-refractivity contribution in [2.24, 2.45) is 17.6 Å². The molecule has 2 heterocycles. The van der Waals surface area contributed by atoms with Crippen LogP contribution in [-0.4, -0.2) is 53.5 Å². The first-order valence-corrected chi connectivity index (χ1v) is 13.3. The molecule has 1 aliphatic heterocycles. The van der Waals surface area contributed by atoms with E-state index in [1.54, 1.807) is 18.2 Å². The van der Waals surface area contributed by atoms with Gasteiger partial charge in [-0.3, -0.25) is 9.78 Å². The van der Waals surface area contributed by atoms with Crippen molar-refractivity contribution in [2.75, 3.05) is 32.5 Å². The fraction of sp³-hybridized carbons (Fsp3) is 0.407. The van der Waals surface area contributed by atoms with Gasteiger partial charge in [-0.25, -0.2) is 17.6 Å². The van der Waals surface area contributed by atoms with E-state index in [2.05, 4.69) is 4.98 Å². The summed E-state index contributed by atoms with van der Waals surface area (Å²) in [6.07, 6.45) is 2.64. The molecule has 0 radical (unpaired) electrons. The highest BCUT2D eigenvalue weighted by Gasteiger charge is 2.34. The molecule has 2 aromatic carbocycles. The summed E-state index contributed by atoms with van der Waals surface area (Å²) in [6.45, 7) is 1.35. The molecule has 1 aromatic heterocycles. The maximum Gasteiger partial charge on any atom is 0.308 e. The number of carbonyl (C=O) groups is 1. The van der Waals surface area contributed by atoms with Gasteiger partial charge in [-0.1, -0.05) is 0 Å². The van der Waals surface area contributed by atoms with Gasteiger partial charge in [0.2, 0.25) is 0 Å². The fourth-order valence-electron chi connectivity index (χ4n) is 5.03. The second-order valence-corrected chi connectivity index (χ2v) is 10.6. The van der Waals surface area contributed by atoms with Crippen molar-refractivity contribution < 1.29 is 32.2 Å². The number of pyridine rings is 1. The normalized spacial score (nSPS) is 19.0. The van der Waals surface area contributed by atoms with E-state index in [0.29, 0.717) is 72.9 Å². The summed E-state index contributed by atoms with van der Waals surface area (Å²) in [5.74, 6) is -4.52. The van der Waals surface area contributed by atoms with E-state index in [0.717, 1.165) is 24.0 Å². The number of aromatic nitrogens is 1. The number of thioether (sulfide) groups is 1. The van der Waals surface area contributed by atoms with Crippen LogP contribution >= 0.6 is 11.8 Å². The van der Waals surface area contributed by atoms with Gasteiger partial charge in [0.15, 0.2) is 11.6 Å². The van der Waals surface area contributed by atoms with Gasteiger partial charge < -0.3 is 20.5 Å². The van der Waals surface area contributed by atoms with E-state index in [9.17, 15) is 27.5 Å². The van der Waals surface area contributed by atoms with Crippen molar-refractivity contribution >= 4 is 28.6 Å². The van der Waals surface area contributed by atoms with Crippen molar-refractivity contribution in [1.29, 1.82) is 0 Å². The maximum atomic E-state index is 14.8. The molecule has 3 N–H and O–H groups in total. The molecule has 4 rings (SSSR count). The summed E-state index contributed by atoms with van der Waals surface area (Å²) in [5, 5.41) is 10.4. The molecule has 6 nitrogen and oxygen atoms in total. The highest BCUT2D eigenvalue weighted by molar-refractivity contribution is 7.99. The Morgan fingerprint density at radius 3 is 2.76 bits per heavy atom. The molecule has 3 atom stereocenters. The second-order valence-electron chi connectivity index (χ2n) is 9.43. The molecule has 1 saturated heterocycles. The number of hydrogen-bond donors (Lipinski definition) is 2. The van der Waals surface area contributed by atoms with Crippen molar-refractivity contribution in [3.63, 3.8) is 0 Å². The van der Waals surface area contributed by atoms with Crippen molar-refractivity contribution in [3.05, 3.63) is 65.4 Å². The van der Waals surface area contributed by atoms with Crippen molar-refractivity contribution in [2.45, 2.75) is 30.2 Å². The predicted octanol–water partition coefficient (Wildman–Crippen LogP) is 5.39. The Bertz CT molecular complexity index is 1310. The fourth-order valence-corrected chi connectivity index (χ4v) is 6.02. The number of benzene rings is 2. The lowest BCUT2D eigenvalue weighted by molar-refractivity contribution is -0.146. The summed E-state index contributed by atoms with van der Waals surface area (Å²) < 4.78 is 60.8. The van der Waals surface area contributed by atoms with Crippen LogP contribution in [0.15, 0.2) is 41.4 Å². The van der Waals surface area contributed by atoms with E-state index >= 15 is 0 Å². The van der Waals surface area contributed by atoms with Crippen molar-refractivity contribution in [3.8, 4) is 5.75 Å². The Morgan fingerprint density at radius 1 is 1.24 bits per heavy atom. The summed E-state index contributed by atoms with van der Waals surface area (Å²) in [4.78, 5) is 18.0. The molecule has 0 unspecified atom stereocenters. The van der Waals surface area contributed by atoms with Crippen LogP contribution in [-0.2, 0) is 4.79 Å². The zero-order valence-electron chi connectivity index (χ0n) is 20.8. The van der Waals surface area contributed by atoms with Crippen LogP contribution in [0.3, 0.4) is 0 Å². The van der Waals surface area contributed by atoms with Gasteiger partial charge in [0, 0.05) is 46.8 Å². The van der Waals surface area contributed by atoms with Crippen molar-refractivity contribution in [1.82, 2.24) is 9.88 Å². The predicted molar refractivity (Wildman–Crippen MR) is 137 cm³/mol. The average Bonchev–Trinajstić information content (AvgIpc) is 2.89. The minimum Gasteiger partial charge on any atom is -0.497 e. The lowest BCUT2D eigenvalue weighted by Gasteiger charge is -2.37. The minimum absolute atomic E-state index is 0.116. The Morgan fingerprint density at radius 2 is 2.03 bits per heavy atom. The Hall–Kier alpha value is -2.89. The Labute approximate surface area is 222 Å². The monoisotopic (exact) mass is 551 g/mol. The summed E-state index contributed by atoms with van der Waals surface area (Å²) >= 11 is 0.986. The van der Waals surface area contributed by atoms with Gasteiger partial charge in [-0.2, -0.15) is 0 Å². The quantitative estimate of drug-likeness (QED) is 0.198. The van der Waals surface area contributed by atoms with Crippen LogP contribution in [0.2, 0.25) is 0 Å². The largest absolute Gasteiger partial charge is 0.497 e. The van der Waals surface area contributed by atoms with Gasteiger partial charge >= 0.3 is 5.97 Å². The first-order valence-electron chi connectivity index (χ1n) is 12.3. The van der Waals surface area contributed by atoms with Crippen LogP contribution in [0.25, 0.3) is 10.9 Å². The first kappa shape index (κ1) is 28.1. The molecule has 0 amide bonds. The summed E-state index contributed by atoms with van der Waals surface area (Å²) in [7, 11) is 1.52. The molecule has 1 aliphatic rings. The lowest BCUT2D eigenvalue weighted by Crippen LogP contribution is -2.44. The standard InChI is InChI=1S/C27H29F4N3O3S/c1-37-17-3-5-23-18(12-17)25(21(30)13-33-23)22(32)4-2-15-6-7-34(14-19(15)27(35)36)8-9-38-24-11-16(28)10-20(29)26(24)31/h3,5,10-13,15,19,22H,2,4,6-9,14,32H2,1H3,(H,35,36)/t15-,19+,22-/m0/s1. The number of likely N-dealkylation sites (tertiary alicyclic amines) is 1. The Kier molecular flexibility index (Phi) is 9.11. The number of nitrogens with two attached hydrogens (primary N) is 1. The topological polar surface area (TPSA) is 88.7 Å². The third-order valence-corrected chi connectivity index (χ3v) is 8.06. The molecule has 0 spiro atoms. The van der Waals surface area contributed by atoms with Gasteiger partial charge in [-0.15, -0.1) is 11.8 Å². The number of fused-ring (bicyclic) bond motifs is 1. The zero-order valence-corrected chi connectivity index (χ0v) is 21.6. The molecule has 38 heavy (non-hydrogen) atoms. The van der Waals surface area contributed by atoms with Crippen LogP contribution in [0.5, 0.6) is 5.75 Å². The minimum atomic E-state index is -1.24. The molecule has 1 fully saturated rings. The van der Waals surface area contributed by atoms with E-state index in [4.69, 9.17) is 10.5 Å². The number of aliphatic carboxylic acids is 1. The summed E-state index contributed by atoms with van der Waals surface area (Å²) in [6, 6.07) is 5.95. The zero-order chi connectivity index (χ0) is 27.4. The van der Waals surface area contributed by atoms with E-state index in [1.807, 2.05) is 4.90 Å². The number of hydrogen-bond acceptors (Lipinski definition) is 6. The van der Waals surface area contributed by atoms with E-state index < -0.39 is 41.2 Å². The van der Waals surface area contributed by atoms with Crippen LogP contribution in [0, 0.1) is 35.1 Å². The molecule has 204 valence electrons. The van der Waals surface area contributed by atoms with Crippen LogP contribution < -0.4 is 10.5 Å². The summed E-state index contributed by atoms with van der Waals surface area (Å²) in [5.41, 5.74) is 7.34. The number of ether oxygens (including phenoxy) is 1. The lowest BCUT2D eigenvalue weighted by atomic mass is 9.81. The number of halogens is 4. The third-order valence-electron chi connectivity index (χ3n) is 7.07. The molecule has 0 saturated carbocycles. The number of piperidine rings is 1. The Balaban J connectivity index is 1.36. The van der Waals surface area contributed by atoms with E-state index in [1.165, 1.54) is 7.11 Å². The number of nitrogens with zero attached hydrogens (tertiary/aromatic N) is 2. The molecule has 0 bridgehead atoms. The smallest absolute Gasteiger partial charge is 0.308 e. The highest BCUT2D eigenvalue weighted by atomic mass is 32.2.